The summed E-state index contributed by atoms with van der Waals surface area (Å²) in [7, 11) is 0. The number of phenols is 2. The molecule has 0 radical (unpaired) electrons. The lowest BCUT2D eigenvalue weighted by Crippen LogP contribution is -2.34. The first-order valence-electron chi connectivity index (χ1n) is 6.54. The van der Waals surface area contributed by atoms with Crippen LogP contribution in [-0.2, 0) is 0 Å². The highest BCUT2D eigenvalue weighted by molar-refractivity contribution is 5.38. The Morgan fingerprint density at radius 1 is 1.00 bits per heavy atom. The normalized spacial score (nSPS) is 20.6. The van der Waals surface area contributed by atoms with Gasteiger partial charge in [-0.15, -0.1) is 0 Å². The lowest BCUT2D eigenvalue weighted by Gasteiger charge is -2.30. The zero-order chi connectivity index (χ0) is 13.1. The van der Waals surface area contributed by atoms with Crippen LogP contribution in [-0.4, -0.2) is 21.4 Å². The highest BCUT2D eigenvalue weighted by Crippen LogP contribution is 2.33. The Labute approximate surface area is 107 Å². The predicted molar refractivity (Wildman–Crippen MR) is 69.3 cm³/mol. The summed E-state index contributed by atoms with van der Waals surface area (Å²) in [5.74, 6) is 0.158. The smallest absolute Gasteiger partial charge is 0.119 e. The third kappa shape index (κ3) is 2.94. The molecule has 0 spiro atoms. The first-order valence-corrected chi connectivity index (χ1v) is 6.54. The third-order valence-corrected chi connectivity index (χ3v) is 3.81. The highest BCUT2D eigenvalue weighted by Gasteiger charge is 2.28. The van der Waals surface area contributed by atoms with Crippen molar-refractivity contribution in [2.45, 2.75) is 44.2 Å². The molecule has 1 saturated carbocycles. The first-order chi connectivity index (χ1) is 8.58. The molecule has 1 aromatic rings. The molecular weight excluding hydrogens is 230 g/mol. The van der Waals surface area contributed by atoms with Crippen molar-refractivity contribution in [3.05, 3.63) is 23.8 Å². The summed E-state index contributed by atoms with van der Waals surface area (Å²) in [6.45, 7) is 0. The minimum Gasteiger partial charge on any atom is -0.508 e. The molecule has 100 valence electrons. The number of nitrogens with two attached hydrogens (primary N) is 1. The van der Waals surface area contributed by atoms with E-state index in [1.54, 1.807) is 0 Å². The summed E-state index contributed by atoms with van der Waals surface area (Å²) in [5, 5.41) is 29.2. The summed E-state index contributed by atoms with van der Waals surface area (Å²) >= 11 is 0. The second-order valence-corrected chi connectivity index (χ2v) is 5.20. The molecule has 4 heteroatoms. The maximum absolute atomic E-state index is 10.3. The zero-order valence-corrected chi connectivity index (χ0v) is 10.4. The number of aromatic hydroxyl groups is 2. The standard InChI is InChI=1S/C14H21NO3/c15-13(10-6-11(16)8-12(17)7-10)14(18)9-4-2-1-3-5-9/h6-9,13-14,16-18H,1-5,15H2/t13-,14+/m0/s1. The van der Waals surface area contributed by atoms with Gasteiger partial charge in [0.1, 0.15) is 11.5 Å². The van der Waals surface area contributed by atoms with Crippen molar-refractivity contribution in [2.24, 2.45) is 11.7 Å². The minimum absolute atomic E-state index is 0.0312. The average molecular weight is 251 g/mol. The van der Waals surface area contributed by atoms with Crippen LogP contribution in [0, 0.1) is 5.92 Å². The van der Waals surface area contributed by atoms with Gasteiger partial charge in [-0.05, 0) is 36.5 Å². The van der Waals surface area contributed by atoms with Gasteiger partial charge in [-0.2, -0.15) is 0 Å². The molecule has 1 aliphatic rings. The van der Waals surface area contributed by atoms with Gasteiger partial charge in [-0.1, -0.05) is 19.3 Å². The maximum Gasteiger partial charge on any atom is 0.119 e. The summed E-state index contributed by atoms with van der Waals surface area (Å²) < 4.78 is 0. The third-order valence-electron chi connectivity index (χ3n) is 3.81. The van der Waals surface area contributed by atoms with E-state index in [2.05, 4.69) is 0 Å². The number of aliphatic hydroxyl groups excluding tert-OH is 1. The van der Waals surface area contributed by atoms with Crippen molar-refractivity contribution in [1.82, 2.24) is 0 Å². The zero-order valence-electron chi connectivity index (χ0n) is 10.4. The largest absolute Gasteiger partial charge is 0.508 e. The van der Waals surface area contributed by atoms with Gasteiger partial charge in [0, 0.05) is 6.07 Å². The van der Waals surface area contributed by atoms with Crippen LogP contribution in [0.3, 0.4) is 0 Å². The molecular formula is C14H21NO3. The Morgan fingerprint density at radius 3 is 2.11 bits per heavy atom. The van der Waals surface area contributed by atoms with Crippen LogP contribution in [0.1, 0.15) is 43.7 Å². The Hall–Kier alpha value is -1.26. The van der Waals surface area contributed by atoms with Crippen LogP contribution >= 0.6 is 0 Å². The molecule has 0 heterocycles. The van der Waals surface area contributed by atoms with E-state index in [0.29, 0.717) is 5.56 Å². The molecule has 0 aliphatic heterocycles. The van der Waals surface area contributed by atoms with E-state index in [1.807, 2.05) is 0 Å². The first kappa shape index (κ1) is 13.2. The topological polar surface area (TPSA) is 86.7 Å². The van der Waals surface area contributed by atoms with Crippen LogP contribution in [0.2, 0.25) is 0 Å². The van der Waals surface area contributed by atoms with Crippen molar-refractivity contribution in [2.75, 3.05) is 0 Å². The molecule has 1 fully saturated rings. The van der Waals surface area contributed by atoms with E-state index < -0.39 is 12.1 Å². The predicted octanol–water partition coefficient (Wildman–Crippen LogP) is 2.04. The van der Waals surface area contributed by atoms with E-state index in [0.717, 1.165) is 25.7 Å². The second kappa shape index (κ2) is 5.59. The molecule has 0 unspecified atom stereocenters. The Morgan fingerprint density at radius 2 is 1.56 bits per heavy atom. The SMILES string of the molecule is N[C@@H](c1cc(O)cc(O)c1)[C@H](O)C1CCCCC1. The molecule has 4 nitrogen and oxygen atoms in total. The number of hydrogen-bond donors (Lipinski definition) is 4. The van der Waals surface area contributed by atoms with Crippen molar-refractivity contribution >= 4 is 0 Å². The van der Waals surface area contributed by atoms with E-state index >= 15 is 0 Å². The lowest BCUT2D eigenvalue weighted by atomic mass is 9.81. The summed E-state index contributed by atoms with van der Waals surface area (Å²) in [6.07, 6.45) is 4.89. The molecule has 0 amide bonds. The van der Waals surface area contributed by atoms with Crippen molar-refractivity contribution in [1.29, 1.82) is 0 Å². The Balaban J connectivity index is 2.11. The minimum atomic E-state index is -0.619. The molecule has 2 atom stereocenters. The number of hydrogen-bond acceptors (Lipinski definition) is 4. The molecule has 0 aromatic heterocycles. The Bertz CT molecular complexity index is 382. The number of aliphatic hydroxyl groups is 1. The van der Waals surface area contributed by atoms with E-state index in [4.69, 9.17) is 5.73 Å². The summed E-state index contributed by atoms with van der Waals surface area (Å²) in [6, 6.07) is 3.68. The fourth-order valence-electron chi connectivity index (χ4n) is 2.78. The fourth-order valence-corrected chi connectivity index (χ4v) is 2.78. The number of phenolic OH excluding ortho intramolecular Hbond substituents is 2. The summed E-state index contributed by atoms with van der Waals surface area (Å²) in [5.41, 5.74) is 6.61. The quantitative estimate of drug-likeness (QED) is 0.662. The van der Waals surface area contributed by atoms with Crippen molar-refractivity contribution < 1.29 is 15.3 Å². The lowest BCUT2D eigenvalue weighted by molar-refractivity contribution is 0.0617. The molecule has 18 heavy (non-hydrogen) atoms. The van der Waals surface area contributed by atoms with Gasteiger partial charge >= 0.3 is 0 Å². The molecule has 0 saturated heterocycles. The van der Waals surface area contributed by atoms with E-state index in [9.17, 15) is 15.3 Å². The fraction of sp³-hybridized carbons (Fsp3) is 0.571. The average Bonchev–Trinajstić information content (AvgIpc) is 2.37. The molecule has 0 bridgehead atoms. The van der Waals surface area contributed by atoms with E-state index in [-0.39, 0.29) is 17.4 Å². The second-order valence-electron chi connectivity index (χ2n) is 5.20. The van der Waals surface area contributed by atoms with Crippen molar-refractivity contribution in [3.63, 3.8) is 0 Å². The van der Waals surface area contributed by atoms with Crippen LogP contribution in [0.4, 0.5) is 0 Å². The van der Waals surface area contributed by atoms with E-state index in [1.165, 1.54) is 24.6 Å². The monoisotopic (exact) mass is 251 g/mol. The molecule has 5 N–H and O–H groups in total. The van der Waals surface area contributed by atoms with Gasteiger partial charge in [0.2, 0.25) is 0 Å². The summed E-state index contributed by atoms with van der Waals surface area (Å²) in [4.78, 5) is 0. The van der Waals surface area contributed by atoms with Gasteiger partial charge in [-0.3, -0.25) is 0 Å². The van der Waals surface area contributed by atoms with Crippen molar-refractivity contribution in [3.8, 4) is 11.5 Å². The van der Waals surface area contributed by atoms with Gasteiger partial charge in [0.05, 0.1) is 12.1 Å². The van der Waals surface area contributed by atoms with Crippen LogP contribution < -0.4 is 5.73 Å². The van der Waals surface area contributed by atoms with Crippen LogP contribution in [0.5, 0.6) is 11.5 Å². The van der Waals surface area contributed by atoms with Crippen LogP contribution in [0.25, 0.3) is 0 Å². The van der Waals surface area contributed by atoms with Crippen LogP contribution in [0.15, 0.2) is 18.2 Å². The molecule has 2 rings (SSSR count). The van der Waals surface area contributed by atoms with Gasteiger partial charge < -0.3 is 21.1 Å². The molecule has 1 aromatic carbocycles. The maximum atomic E-state index is 10.3. The highest BCUT2D eigenvalue weighted by atomic mass is 16.3. The number of rotatable bonds is 3. The number of benzene rings is 1. The van der Waals surface area contributed by atoms with Gasteiger partial charge in [0.25, 0.3) is 0 Å². The van der Waals surface area contributed by atoms with Gasteiger partial charge in [0.15, 0.2) is 0 Å². The molecule has 1 aliphatic carbocycles. The van der Waals surface area contributed by atoms with Gasteiger partial charge in [-0.25, -0.2) is 0 Å². The Kier molecular flexibility index (Phi) is 4.09.